The molecule has 25 heavy (non-hydrogen) atoms. The van der Waals surface area contributed by atoms with Crippen molar-refractivity contribution in [3.63, 3.8) is 0 Å². The van der Waals surface area contributed by atoms with E-state index in [4.69, 9.17) is 0 Å². The number of aryl methyl sites for hydroxylation is 1. The monoisotopic (exact) mass is 331 g/mol. The number of nitrogens with one attached hydrogen (secondary N) is 1. The highest BCUT2D eigenvalue weighted by atomic mass is 14.9. The molecule has 1 aliphatic carbocycles. The van der Waals surface area contributed by atoms with E-state index in [1.807, 2.05) is 13.8 Å². The zero-order chi connectivity index (χ0) is 17.8. The normalized spacial score (nSPS) is 20.4. The fourth-order valence-electron chi connectivity index (χ4n) is 3.93. The van der Waals surface area contributed by atoms with Gasteiger partial charge in [-0.05, 0) is 53.5 Å². The van der Waals surface area contributed by atoms with Gasteiger partial charge in [0.05, 0.1) is 6.04 Å². The molecule has 0 saturated heterocycles. The Kier molecular flexibility index (Phi) is 5.43. The lowest BCUT2D eigenvalue weighted by atomic mass is 9.84. The molecule has 1 heteroatoms. The Morgan fingerprint density at radius 3 is 2.48 bits per heavy atom. The molecular formula is C24H29N. The van der Waals surface area contributed by atoms with Crippen molar-refractivity contribution in [1.82, 2.24) is 5.32 Å². The van der Waals surface area contributed by atoms with Crippen LogP contribution in [0.4, 0.5) is 0 Å². The molecule has 3 aliphatic rings. The third-order valence-corrected chi connectivity index (χ3v) is 5.10. The van der Waals surface area contributed by atoms with Crippen LogP contribution in [0.3, 0.4) is 0 Å². The van der Waals surface area contributed by atoms with Gasteiger partial charge in [-0.15, -0.1) is 0 Å². The molecule has 0 saturated carbocycles. The topological polar surface area (TPSA) is 12.0 Å². The van der Waals surface area contributed by atoms with E-state index in [9.17, 15) is 0 Å². The molecule has 2 unspecified atom stereocenters. The first-order valence-electron chi connectivity index (χ1n) is 9.59. The number of hydrogen-bond donors (Lipinski definition) is 1. The van der Waals surface area contributed by atoms with Gasteiger partial charge in [0.2, 0.25) is 0 Å². The standard InChI is InChI=1S/C22H23N.C2H6/c1-3-17-12-16-10-15(2)11-19(13-16)18-8-9-22(23-14-18)21-7-5-4-6-20(17)21;1-2/h4-11,13-14,17,22-23H,3,12H2,1-2H3;1-2H3. The highest BCUT2D eigenvalue weighted by Crippen LogP contribution is 2.35. The van der Waals surface area contributed by atoms with Gasteiger partial charge < -0.3 is 5.32 Å². The van der Waals surface area contributed by atoms with Crippen LogP contribution < -0.4 is 5.32 Å². The molecule has 1 N–H and O–H groups in total. The Morgan fingerprint density at radius 2 is 1.80 bits per heavy atom. The van der Waals surface area contributed by atoms with Crippen LogP contribution in [0.5, 0.6) is 0 Å². The minimum Gasteiger partial charge on any atom is -0.380 e. The Labute approximate surface area is 152 Å². The van der Waals surface area contributed by atoms with Crippen molar-refractivity contribution in [1.29, 1.82) is 0 Å². The molecular weight excluding hydrogens is 302 g/mol. The molecule has 4 bridgehead atoms. The van der Waals surface area contributed by atoms with E-state index in [0.29, 0.717) is 5.92 Å². The van der Waals surface area contributed by atoms with E-state index in [2.05, 4.69) is 80.0 Å². The predicted octanol–water partition coefficient (Wildman–Crippen LogP) is 6.31. The van der Waals surface area contributed by atoms with Crippen LogP contribution in [0.25, 0.3) is 5.57 Å². The Balaban J connectivity index is 0.000000880. The quantitative estimate of drug-likeness (QED) is 0.645. The highest BCUT2D eigenvalue weighted by molar-refractivity contribution is 5.76. The fraction of sp³-hybridized carbons (Fsp3) is 0.333. The van der Waals surface area contributed by atoms with E-state index in [1.165, 1.54) is 33.4 Å². The van der Waals surface area contributed by atoms with Gasteiger partial charge >= 0.3 is 0 Å². The van der Waals surface area contributed by atoms with Gasteiger partial charge in [-0.2, -0.15) is 0 Å². The minimum absolute atomic E-state index is 0.279. The van der Waals surface area contributed by atoms with Crippen molar-refractivity contribution < 1.29 is 0 Å². The smallest absolute Gasteiger partial charge is 0.0698 e. The molecule has 0 radical (unpaired) electrons. The number of benzene rings is 2. The van der Waals surface area contributed by atoms with Gasteiger partial charge in [0.15, 0.2) is 0 Å². The van der Waals surface area contributed by atoms with E-state index in [-0.39, 0.29) is 6.04 Å². The van der Waals surface area contributed by atoms with Crippen molar-refractivity contribution >= 4 is 5.57 Å². The third kappa shape index (κ3) is 3.56. The van der Waals surface area contributed by atoms with Crippen LogP contribution in [-0.4, -0.2) is 0 Å². The average molecular weight is 332 g/mol. The van der Waals surface area contributed by atoms with Gasteiger partial charge in [0, 0.05) is 6.20 Å². The summed E-state index contributed by atoms with van der Waals surface area (Å²) in [5.41, 5.74) is 8.29. The largest absolute Gasteiger partial charge is 0.380 e. The van der Waals surface area contributed by atoms with Gasteiger partial charge in [-0.3, -0.25) is 0 Å². The van der Waals surface area contributed by atoms with Gasteiger partial charge in [0.25, 0.3) is 0 Å². The number of fused-ring (bicyclic) bond motifs is 2. The first-order valence-corrected chi connectivity index (χ1v) is 9.59. The van der Waals surface area contributed by atoms with Crippen molar-refractivity contribution in [3.8, 4) is 0 Å². The second kappa shape index (κ2) is 7.74. The third-order valence-electron chi connectivity index (χ3n) is 5.10. The lowest BCUT2D eigenvalue weighted by Crippen LogP contribution is -2.18. The van der Waals surface area contributed by atoms with Crippen molar-refractivity contribution in [2.75, 3.05) is 0 Å². The number of allylic oxidation sites excluding steroid dienone is 2. The molecule has 2 atom stereocenters. The lowest BCUT2D eigenvalue weighted by Gasteiger charge is -2.24. The van der Waals surface area contributed by atoms with E-state index in [1.54, 1.807) is 0 Å². The molecule has 130 valence electrons. The first-order chi connectivity index (χ1) is 12.2. The zero-order valence-electron chi connectivity index (χ0n) is 15.8. The molecule has 0 fully saturated rings. The van der Waals surface area contributed by atoms with Crippen LogP contribution in [0.15, 0.2) is 60.8 Å². The molecule has 1 nitrogen and oxygen atoms in total. The summed E-state index contributed by atoms with van der Waals surface area (Å²) in [6, 6.07) is 16.2. The van der Waals surface area contributed by atoms with E-state index < -0.39 is 0 Å². The second-order valence-corrected chi connectivity index (χ2v) is 6.75. The molecule has 0 spiro atoms. The zero-order valence-corrected chi connectivity index (χ0v) is 15.8. The minimum atomic E-state index is 0.279. The summed E-state index contributed by atoms with van der Waals surface area (Å²) >= 11 is 0. The van der Waals surface area contributed by atoms with Crippen molar-refractivity contribution in [3.05, 3.63) is 88.6 Å². The van der Waals surface area contributed by atoms with E-state index >= 15 is 0 Å². The maximum Gasteiger partial charge on any atom is 0.0698 e. The SMILES string of the molecule is CC.CCC1Cc2cc(C)cc(c2)C2=CNC(C=C2)c2ccccc21. The van der Waals surface area contributed by atoms with Crippen LogP contribution >= 0.6 is 0 Å². The summed E-state index contributed by atoms with van der Waals surface area (Å²) in [4.78, 5) is 0. The summed E-state index contributed by atoms with van der Waals surface area (Å²) in [6.45, 7) is 8.50. The summed E-state index contributed by atoms with van der Waals surface area (Å²) in [5, 5.41) is 3.60. The summed E-state index contributed by atoms with van der Waals surface area (Å²) < 4.78 is 0. The Morgan fingerprint density at radius 1 is 1.04 bits per heavy atom. The first kappa shape index (κ1) is 17.5. The highest BCUT2D eigenvalue weighted by Gasteiger charge is 2.21. The molecule has 2 aromatic carbocycles. The van der Waals surface area contributed by atoms with Crippen LogP contribution in [0.1, 0.15) is 67.0 Å². The number of rotatable bonds is 1. The summed E-state index contributed by atoms with van der Waals surface area (Å²) in [6.07, 6.45) is 9.02. The summed E-state index contributed by atoms with van der Waals surface area (Å²) in [5.74, 6) is 0.568. The molecule has 2 aliphatic heterocycles. The Bertz CT molecular complexity index is 797. The maximum absolute atomic E-state index is 3.60. The number of hydrogen-bond acceptors (Lipinski definition) is 1. The van der Waals surface area contributed by atoms with Crippen LogP contribution in [-0.2, 0) is 6.42 Å². The lowest BCUT2D eigenvalue weighted by molar-refractivity contribution is 0.637. The molecule has 5 rings (SSSR count). The average Bonchev–Trinajstić information content (AvgIpc) is 2.69. The van der Waals surface area contributed by atoms with Gasteiger partial charge in [0.1, 0.15) is 0 Å². The molecule has 0 aromatic heterocycles. The van der Waals surface area contributed by atoms with Crippen LogP contribution in [0, 0.1) is 6.92 Å². The number of dihydropyridines is 1. The maximum atomic E-state index is 3.60. The second-order valence-electron chi connectivity index (χ2n) is 6.75. The van der Waals surface area contributed by atoms with E-state index in [0.717, 1.165) is 12.8 Å². The molecule has 2 aromatic rings. The van der Waals surface area contributed by atoms with Crippen molar-refractivity contribution in [2.24, 2.45) is 0 Å². The molecule has 2 heterocycles. The Hall–Kier alpha value is -2.28. The van der Waals surface area contributed by atoms with Gasteiger partial charge in [-0.1, -0.05) is 81.0 Å². The van der Waals surface area contributed by atoms with Crippen molar-refractivity contribution in [2.45, 2.75) is 52.5 Å². The summed E-state index contributed by atoms with van der Waals surface area (Å²) in [7, 11) is 0. The molecule has 0 amide bonds. The van der Waals surface area contributed by atoms with Crippen LogP contribution in [0.2, 0.25) is 0 Å². The fourth-order valence-corrected chi connectivity index (χ4v) is 3.93. The van der Waals surface area contributed by atoms with Gasteiger partial charge in [-0.25, -0.2) is 0 Å². The predicted molar refractivity (Wildman–Crippen MR) is 109 cm³/mol.